The summed E-state index contributed by atoms with van der Waals surface area (Å²) < 4.78 is 0. The average Bonchev–Trinajstić information content (AvgIpc) is 3.57. The van der Waals surface area contributed by atoms with Gasteiger partial charge in [-0.1, -0.05) is 54.6 Å². The van der Waals surface area contributed by atoms with Crippen LogP contribution in [0.25, 0.3) is 11.0 Å². The number of para-hydroxylation sites is 1. The van der Waals surface area contributed by atoms with Crippen molar-refractivity contribution in [1.29, 1.82) is 0 Å². The minimum absolute atomic E-state index is 0. The Balaban J connectivity index is 0.000000401. The van der Waals surface area contributed by atoms with Crippen molar-refractivity contribution in [2.45, 2.75) is 0 Å². The molecule has 6 heteroatoms. The maximum absolute atomic E-state index is 11.1. The van der Waals surface area contributed by atoms with Crippen molar-refractivity contribution in [2.24, 2.45) is 0 Å². The molecule has 0 radical (unpaired) electrons. The monoisotopic (exact) mass is 449 g/mol. The number of anilines is 1. The number of nitro benzene ring substituents is 1. The minimum Gasteiger partial charge on any atom is -0.596 e. The van der Waals surface area contributed by atoms with Gasteiger partial charge in [0.25, 0.3) is 5.69 Å². The van der Waals surface area contributed by atoms with E-state index in [4.69, 9.17) is 0 Å². The second-order valence-corrected chi connectivity index (χ2v) is 6.60. The molecule has 5 nitrogen and oxygen atoms in total. The van der Waals surface area contributed by atoms with Gasteiger partial charge in [0.15, 0.2) is 0 Å². The number of benzene rings is 2. The van der Waals surface area contributed by atoms with Gasteiger partial charge in [-0.2, -0.15) is 24.4 Å². The molecule has 0 spiro atoms. The molecular formula is C25H19FeN3O2. The second kappa shape index (κ2) is 10.3. The third-order valence-electron chi connectivity index (χ3n) is 4.63. The van der Waals surface area contributed by atoms with Gasteiger partial charge < -0.3 is 10.4 Å². The molecule has 5 rings (SSSR count). The molecule has 154 valence electrons. The summed E-state index contributed by atoms with van der Waals surface area (Å²) >= 11 is 0. The van der Waals surface area contributed by atoms with E-state index in [9.17, 15) is 10.1 Å². The summed E-state index contributed by atoms with van der Waals surface area (Å²) in [5.74, 6) is 0. The van der Waals surface area contributed by atoms with Crippen LogP contribution >= 0.6 is 0 Å². The first-order valence-corrected chi connectivity index (χ1v) is 9.51. The van der Waals surface area contributed by atoms with Crippen LogP contribution in [0.1, 0.15) is 5.56 Å². The zero-order chi connectivity index (χ0) is 20.8. The molecule has 31 heavy (non-hydrogen) atoms. The molecule has 0 amide bonds. The first kappa shape index (κ1) is 22.0. The smallest absolute Gasteiger partial charge is 0.596 e. The number of hydrogen-bond acceptors (Lipinski definition) is 3. The van der Waals surface area contributed by atoms with E-state index < -0.39 is 0 Å². The summed E-state index contributed by atoms with van der Waals surface area (Å²) in [5.41, 5.74) is 9.11. The summed E-state index contributed by atoms with van der Waals surface area (Å²) in [5, 5.41) is 13.0. The van der Waals surface area contributed by atoms with Crippen LogP contribution in [0.15, 0.2) is 127 Å². The van der Waals surface area contributed by atoms with Crippen LogP contribution in [0, 0.1) is 10.1 Å². The maximum Gasteiger partial charge on any atom is 2.00 e. The van der Waals surface area contributed by atoms with Gasteiger partial charge in [0, 0.05) is 23.5 Å². The number of non-ortho nitro benzene ring substituents is 1. The summed E-state index contributed by atoms with van der Waals surface area (Å²) in [6.07, 6.45) is 9.72. The van der Waals surface area contributed by atoms with Crippen molar-refractivity contribution in [3.05, 3.63) is 148 Å². The van der Waals surface area contributed by atoms with Crippen molar-refractivity contribution in [2.75, 3.05) is 5.01 Å². The molecule has 0 aromatic heterocycles. The van der Waals surface area contributed by atoms with E-state index in [1.807, 2.05) is 96.0 Å². The number of nitrogens with zero attached hydrogens (tertiary/aromatic N) is 3. The van der Waals surface area contributed by atoms with Gasteiger partial charge in [-0.05, 0) is 28.8 Å². The van der Waals surface area contributed by atoms with Gasteiger partial charge >= 0.3 is 17.1 Å². The van der Waals surface area contributed by atoms with Crippen LogP contribution < -0.4 is 5.01 Å². The standard InChI is InChI=1S/C20H14N3O2.C5H5.Fe/c24-23(25)18-12-6-9-16(13-18)19-14-21-22(17-10-2-1-3-11-17)20(19)15-7-4-5-8-15;1-2-4-5-3-1;/h1-14H;1-5H;/q2*-1;+2. The van der Waals surface area contributed by atoms with Crippen molar-refractivity contribution in [1.82, 2.24) is 0 Å². The zero-order valence-electron chi connectivity index (χ0n) is 16.5. The number of hydrogen-bond donors (Lipinski definition) is 0. The third-order valence-corrected chi connectivity index (χ3v) is 4.63. The Labute approximate surface area is 191 Å². The van der Waals surface area contributed by atoms with Gasteiger partial charge in [-0.3, -0.25) is 10.1 Å². The van der Waals surface area contributed by atoms with Crippen molar-refractivity contribution >= 4 is 16.9 Å². The van der Waals surface area contributed by atoms with E-state index in [1.54, 1.807) is 18.3 Å². The SMILES string of the molecule is O=[N+]([O-])c1cccc(C2=C[N-]N(c3ccccc3)C2=C2C=CC=C2)c1.[Fe+2].c1cc[cH-]c1. The largest absolute Gasteiger partial charge is 2.00 e. The Kier molecular flexibility index (Phi) is 7.33. The van der Waals surface area contributed by atoms with E-state index in [-0.39, 0.29) is 27.7 Å². The van der Waals surface area contributed by atoms with Crippen molar-refractivity contribution < 1.29 is 22.0 Å². The molecule has 0 bridgehead atoms. The van der Waals surface area contributed by atoms with Crippen LogP contribution in [0.5, 0.6) is 0 Å². The Morgan fingerprint density at radius 3 is 2.23 bits per heavy atom. The molecule has 2 aliphatic rings. The summed E-state index contributed by atoms with van der Waals surface area (Å²) in [4.78, 5) is 10.7. The van der Waals surface area contributed by atoms with Crippen LogP contribution in [0.2, 0.25) is 0 Å². The first-order chi connectivity index (χ1) is 14.7. The fourth-order valence-corrected chi connectivity index (χ4v) is 3.24. The van der Waals surface area contributed by atoms with Crippen molar-refractivity contribution in [3.63, 3.8) is 0 Å². The molecule has 1 aliphatic carbocycles. The molecule has 1 aliphatic heterocycles. The predicted octanol–water partition coefficient (Wildman–Crippen LogP) is 6.53. The quantitative estimate of drug-likeness (QED) is 0.198. The van der Waals surface area contributed by atoms with E-state index in [1.165, 1.54) is 6.07 Å². The fraction of sp³-hybridized carbons (Fsp3) is 0. The van der Waals surface area contributed by atoms with Crippen LogP contribution in [0.3, 0.4) is 0 Å². The number of nitro groups is 1. The molecule has 0 saturated heterocycles. The van der Waals surface area contributed by atoms with E-state index >= 15 is 0 Å². The Morgan fingerprint density at radius 1 is 0.903 bits per heavy atom. The normalized spacial score (nSPS) is 13.8. The Hall–Kier alpha value is -3.73. The second-order valence-electron chi connectivity index (χ2n) is 6.60. The van der Waals surface area contributed by atoms with Gasteiger partial charge in [-0.15, -0.1) is 0 Å². The zero-order valence-corrected chi connectivity index (χ0v) is 17.6. The summed E-state index contributed by atoms with van der Waals surface area (Å²) in [6.45, 7) is 0. The van der Waals surface area contributed by atoms with E-state index in [0.717, 1.165) is 28.1 Å². The van der Waals surface area contributed by atoms with E-state index in [0.29, 0.717) is 0 Å². The first-order valence-electron chi connectivity index (χ1n) is 9.51. The number of rotatable bonds is 3. The summed E-state index contributed by atoms with van der Waals surface area (Å²) in [6, 6.07) is 26.5. The molecule has 3 aromatic rings. The maximum atomic E-state index is 11.1. The minimum atomic E-state index is -0.382. The molecule has 0 atom stereocenters. The van der Waals surface area contributed by atoms with Gasteiger partial charge in [0.2, 0.25) is 0 Å². The van der Waals surface area contributed by atoms with Gasteiger partial charge in [0.05, 0.1) is 4.92 Å². The van der Waals surface area contributed by atoms with Gasteiger partial charge in [-0.25, -0.2) is 12.1 Å². The van der Waals surface area contributed by atoms with E-state index in [2.05, 4.69) is 5.43 Å². The summed E-state index contributed by atoms with van der Waals surface area (Å²) in [7, 11) is 0. The fourth-order valence-electron chi connectivity index (χ4n) is 3.24. The predicted molar refractivity (Wildman–Crippen MR) is 121 cm³/mol. The molecule has 0 N–H and O–H groups in total. The van der Waals surface area contributed by atoms with Crippen LogP contribution in [-0.2, 0) is 17.1 Å². The molecule has 3 aromatic carbocycles. The third kappa shape index (κ3) is 5.07. The Morgan fingerprint density at radius 2 is 1.61 bits per heavy atom. The molecule has 1 heterocycles. The molecule has 0 fully saturated rings. The van der Waals surface area contributed by atoms with Crippen LogP contribution in [0.4, 0.5) is 11.4 Å². The van der Waals surface area contributed by atoms with Gasteiger partial charge in [0.1, 0.15) is 0 Å². The molecule has 0 unspecified atom stereocenters. The van der Waals surface area contributed by atoms with Crippen LogP contribution in [-0.4, -0.2) is 4.92 Å². The molecular weight excluding hydrogens is 430 g/mol. The molecule has 0 saturated carbocycles. The topological polar surface area (TPSA) is 60.5 Å². The number of allylic oxidation sites excluding steroid dienone is 6. The Bertz CT molecular complexity index is 1120. The average molecular weight is 449 g/mol. The van der Waals surface area contributed by atoms with Crippen molar-refractivity contribution in [3.8, 4) is 0 Å².